The fourth-order valence-corrected chi connectivity index (χ4v) is 7.60. The molecule has 68 heavy (non-hydrogen) atoms. The van der Waals surface area contributed by atoms with Gasteiger partial charge in [-0.3, -0.25) is 14.4 Å². The van der Waals surface area contributed by atoms with Crippen LogP contribution in [0.15, 0.2) is 97.2 Å². The number of hydrogen-bond acceptors (Lipinski definition) is 6. The first kappa shape index (κ1) is 64.3. The first-order chi connectivity index (χ1) is 33.5. The lowest BCUT2D eigenvalue weighted by Gasteiger charge is -2.18. The molecule has 6 heteroatoms. The van der Waals surface area contributed by atoms with Gasteiger partial charge in [0, 0.05) is 19.3 Å². The van der Waals surface area contributed by atoms with Crippen LogP contribution in [-0.4, -0.2) is 37.2 Å². The molecule has 1 atom stereocenters. The SMILES string of the molecule is CC/C=C\C/C=C\C/C=C\C/C=C\C/C=C\C/C=C\C/C=C\CCCCCCCCCC(=O)OCC(COC(=O)CCCCCCC/C=C\CCC)OC(=O)CCCCCCCCCCCCC. The molecule has 0 aromatic rings. The fourth-order valence-electron chi connectivity index (χ4n) is 7.60. The van der Waals surface area contributed by atoms with E-state index < -0.39 is 6.10 Å². The fraction of sp³-hybridized carbons (Fsp3) is 0.694. The van der Waals surface area contributed by atoms with Crippen molar-refractivity contribution in [3.63, 3.8) is 0 Å². The summed E-state index contributed by atoms with van der Waals surface area (Å²) in [5.74, 6) is -0.905. The summed E-state index contributed by atoms with van der Waals surface area (Å²) in [7, 11) is 0. The monoisotopic (exact) mass is 945 g/mol. The Hall–Kier alpha value is -3.67. The Kier molecular flexibility index (Phi) is 52.9. The van der Waals surface area contributed by atoms with Crippen molar-refractivity contribution >= 4 is 17.9 Å². The Morgan fingerprint density at radius 1 is 0.309 bits per heavy atom. The van der Waals surface area contributed by atoms with Crippen molar-refractivity contribution in [2.45, 2.75) is 264 Å². The average molecular weight is 946 g/mol. The van der Waals surface area contributed by atoms with E-state index in [2.05, 4.69) is 118 Å². The second kappa shape index (κ2) is 55.9. The molecule has 0 aliphatic carbocycles. The van der Waals surface area contributed by atoms with E-state index in [1.807, 2.05) is 0 Å². The van der Waals surface area contributed by atoms with Crippen LogP contribution in [0.4, 0.5) is 0 Å². The molecule has 0 amide bonds. The zero-order valence-electron chi connectivity index (χ0n) is 44.3. The highest BCUT2D eigenvalue weighted by Gasteiger charge is 2.19. The van der Waals surface area contributed by atoms with Crippen LogP contribution in [0, 0.1) is 0 Å². The van der Waals surface area contributed by atoms with Crippen molar-refractivity contribution in [2.24, 2.45) is 0 Å². The minimum absolute atomic E-state index is 0.0839. The highest BCUT2D eigenvalue weighted by molar-refractivity contribution is 5.71. The molecule has 388 valence electrons. The third-order valence-corrected chi connectivity index (χ3v) is 11.8. The number of carbonyl (C=O) groups is 3. The maximum Gasteiger partial charge on any atom is 0.306 e. The van der Waals surface area contributed by atoms with Crippen LogP contribution in [-0.2, 0) is 28.6 Å². The summed E-state index contributed by atoms with van der Waals surface area (Å²) in [6, 6.07) is 0. The average Bonchev–Trinajstić information content (AvgIpc) is 3.34. The van der Waals surface area contributed by atoms with Gasteiger partial charge in [0.25, 0.3) is 0 Å². The summed E-state index contributed by atoms with van der Waals surface area (Å²) in [4.78, 5) is 37.9. The highest BCUT2D eigenvalue weighted by atomic mass is 16.6. The number of esters is 3. The van der Waals surface area contributed by atoms with Gasteiger partial charge in [-0.1, -0.05) is 240 Å². The molecule has 0 fully saturated rings. The summed E-state index contributed by atoms with van der Waals surface area (Å²) in [6.45, 7) is 6.44. The smallest absolute Gasteiger partial charge is 0.306 e. The third kappa shape index (κ3) is 53.3. The number of ether oxygens (including phenoxy) is 3. The van der Waals surface area contributed by atoms with E-state index in [1.54, 1.807) is 0 Å². The van der Waals surface area contributed by atoms with Gasteiger partial charge < -0.3 is 14.2 Å². The Balaban J connectivity index is 4.21. The Morgan fingerprint density at radius 2 is 0.603 bits per heavy atom. The number of hydrogen-bond donors (Lipinski definition) is 0. The molecule has 0 aliphatic rings. The van der Waals surface area contributed by atoms with Crippen LogP contribution in [0.1, 0.15) is 258 Å². The molecule has 0 spiro atoms. The zero-order valence-corrected chi connectivity index (χ0v) is 44.3. The van der Waals surface area contributed by atoms with E-state index in [-0.39, 0.29) is 31.1 Å². The van der Waals surface area contributed by atoms with E-state index in [1.165, 1.54) is 96.3 Å². The lowest BCUT2D eigenvalue weighted by molar-refractivity contribution is -0.167. The lowest BCUT2D eigenvalue weighted by Crippen LogP contribution is -2.30. The summed E-state index contributed by atoms with van der Waals surface area (Å²) in [5.41, 5.74) is 0. The van der Waals surface area contributed by atoms with Gasteiger partial charge in [0.15, 0.2) is 6.10 Å². The maximum atomic E-state index is 12.8. The molecule has 0 aliphatic heterocycles. The van der Waals surface area contributed by atoms with Crippen LogP contribution in [0.2, 0.25) is 0 Å². The normalized spacial score (nSPS) is 12.8. The highest BCUT2D eigenvalue weighted by Crippen LogP contribution is 2.15. The molecule has 0 aromatic heterocycles. The number of unbranched alkanes of at least 4 members (excludes halogenated alkanes) is 23. The second-order valence-electron chi connectivity index (χ2n) is 18.5. The minimum atomic E-state index is -0.782. The first-order valence-corrected chi connectivity index (χ1v) is 28.2. The molecule has 0 aromatic carbocycles. The number of carbonyl (C=O) groups excluding carboxylic acids is 3. The van der Waals surface area contributed by atoms with Gasteiger partial charge in [-0.2, -0.15) is 0 Å². The summed E-state index contributed by atoms with van der Waals surface area (Å²) < 4.78 is 16.8. The maximum absolute atomic E-state index is 12.8. The van der Waals surface area contributed by atoms with E-state index in [0.717, 1.165) is 122 Å². The molecule has 1 unspecified atom stereocenters. The molecule has 0 bridgehead atoms. The van der Waals surface area contributed by atoms with E-state index >= 15 is 0 Å². The largest absolute Gasteiger partial charge is 0.462 e. The number of allylic oxidation sites excluding steroid dienone is 16. The van der Waals surface area contributed by atoms with Crippen molar-refractivity contribution in [3.8, 4) is 0 Å². The second-order valence-corrected chi connectivity index (χ2v) is 18.5. The molecular weight excluding hydrogens is 841 g/mol. The summed E-state index contributed by atoms with van der Waals surface area (Å²) in [6.07, 6.45) is 74.1. The summed E-state index contributed by atoms with van der Waals surface area (Å²) >= 11 is 0. The van der Waals surface area contributed by atoms with E-state index in [0.29, 0.717) is 19.3 Å². The Morgan fingerprint density at radius 3 is 0.971 bits per heavy atom. The topological polar surface area (TPSA) is 78.9 Å². The van der Waals surface area contributed by atoms with Crippen LogP contribution in [0.5, 0.6) is 0 Å². The van der Waals surface area contributed by atoms with Gasteiger partial charge >= 0.3 is 17.9 Å². The molecule has 0 radical (unpaired) electrons. The minimum Gasteiger partial charge on any atom is -0.462 e. The van der Waals surface area contributed by atoms with Gasteiger partial charge in [-0.15, -0.1) is 0 Å². The molecule has 0 N–H and O–H groups in total. The molecule has 6 nitrogen and oxygen atoms in total. The molecule has 0 saturated carbocycles. The third-order valence-electron chi connectivity index (χ3n) is 11.8. The lowest BCUT2D eigenvalue weighted by atomic mass is 10.1. The molecular formula is C62H104O6. The van der Waals surface area contributed by atoms with E-state index in [4.69, 9.17) is 14.2 Å². The Labute approximate surface area is 419 Å². The van der Waals surface area contributed by atoms with E-state index in [9.17, 15) is 14.4 Å². The van der Waals surface area contributed by atoms with Crippen molar-refractivity contribution < 1.29 is 28.6 Å². The summed E-state index contributed by atoms with van der Waals surface area (Å²) in [5, 5.41) is 0. The van der Waals surface area contributed by atoms with Crippen molar-refractivity contribution in [1.29, 1.82) is 0 Å². The van der Waals surface area contributed by atoms with Gasteiger partial charge in [-0.25, -0.2) is 0 Å². The first-order valence-electron chi connectivity index (χ1n) is 28.2. The molecule has 0 saturated heterocycles. The number of rotatable bonds is 50. The van der Waals surface area contributed by atoms with Crippen molar-refractivity contribution in [3.05, 3.63) is 97.2 Å². The van der Waals surface area contributed by atoms with Gasteiger partial charge in [-0.05, 0) is 96.3 Å². The molecule has 0 heterocycles. The predicted octanol–water partition coefficient (Wildman–Crippen LogP) is 18.9. The van der Waals surface area contributed by atoms with Crippen LogP contribution in [0.3, 0.4) is 0 Å². The van der Waals surface area contributed by atoms with Crippen LogP contribution < -0.4 is 0 Å². The predicted molar refractivity (Wildman–Crippen MR) is 293 cm³/mol. The van der Waals surface area contributed by atoms with Crippen molar-refractivity contribution in [2.75, 3.05) is 13.2 Å². The Bertz CT molecular complexity index is 1360. The zero-order chi connectivity index (χ0) is 49.3. The van der Waals surface area contributed by atoms with Crippen LogP contribution >= 0.6 is 0 Å². The standard InChI is InChI=1S/C62H104O6/c1-4-7-10-13-16-19-22-23-24-25-26-27-28-29-30-31-32-33-34-35-36-37-38-39-41-43-46-49-52-55-61(64)67-58-59(57-66-60(63)54-51-48-45-42-21-18-15-12-9-6-3)68-62(65)56-53-50-47-44-40-20-17-14-11-8-5-2/h7,10,12,15-16,19,23-24,26-27,29-30,32-33,35-36,59H,4-6,8-9,11,13-14,17-18,20-22,25,28,31,34,37-58H2,1-3H3/b10-7-,15-12-,19-16-,24-23-,27-26-,30-29-,33-32-,36-35-. The van der Waals surface area contributed by atoms with Gasteiger partial charge in [0.1, 0.15) is 13.2 Å². The quantitative estimate of drug-likeness (QED) is 0.0262. The van der Waals surface area contributed by atoms with Crippen LogP contribution in [0.25, 0.3) is 0 Å². The van der Waals surface area contributed by atoms with Crippen molar-refractivity contribution in [1.82, 2.24) is 0 Å². The van der Waals surface area contributed by atoms with Gasteiger partial charge in [0.2, 0.25) is 0 Å². The molecule has 0 rings (SSSR count). The van der Waals surface area contributed by atoms with Gasteiger partial charge in [0.05, 0.1) is 0 Å².